The molecule has 1 aromatic heterocycles. The number of aromatic nitrogens is 2. The van der Waals surface area contributed by atoms with Gasteiger partial charge in [-0.25, -0.2) is 4.68 Å². The van der Waals surface area contributed by atoms with E-state index in [0.29, 0.717) is 0 Å². The highest BCUT2D eigenvalue weighted by Gasteiger charge is 2.60. The van der Waals surface area contributed by atoms with E-state index in [4.69, 9.17) is 0 Å². The lowest BCUT2D eigenvalue weighted by Gasteiger charge is -2.18. The molecule has 1 aliphatic rings. The summed E-state index contributed by atoms with van der Waals surface area (Å²) in [7, 11) is 0. The Balaban J connectivity index is 1.78. The van der Waals surface area contributed by atoms with Gasteiger partial charge in [-0.2, -0.15) is 5.10 Å². The van der Waals surface area contributed by atoms with Crippen molar-refractivity contribution >= 4 is 5.91 Å². The topological polar surface area (TPSA) is 34.9 Å². The lowest BCUT2D eigenvalue weighted by molar-refractivity contribution is 0.0859. The molecule has 0 spiro atoms. The minimum atomic E-state index is -0.230. The van der Waals surface area contributed by atoms with Gasteiger partial charge < -0.3 is 0 Å². The van der Waals surface area contributed by atoms with E-state index < -0.39 is 0 Å². The van der Waals surface area contributed by atoms with Crippen LogP contribution in [0.1, 0.15) is 33.7 Å². The van der Waals surface area contributed by atoms with E-state index in [0.717, 1.165) is 17.8 Å². The molecule has 1 saturated carbocycles. The number of aryl methyl sites for hydroxylation is 2. The molecule has 0 N–H and O–H groups in total. The van der Waals surface area contributed by atoms with E-state index >= 15 is 0 Å². The molecule has 120 valence electrons. The third-order valence-electron chi connectivity index (χ3n) is 5.06. The van der Waals surface area contributed by atoms with Crippen molar-refractivity contribution in [1.82, 2.24) is 9.78 Å². The second-order valence-corrected chi connectivity index (χ2v) is 6.64. The first-order valence-electron chi connectivity index (χ1n) is 8.31. The summed E-state index contributed by atoms with van der Waals surface area (Å²) < 4.78 is 1.58. The van der Waals surface area contributed by atoms with Crippen LogP contribution in [0.5, 0.6) is 0 Å². The molecule has 0 saturated heterocycles. The summed E-state index contributed by atoms with van der Waals surface area (Å²) in [5.74, 6) is 0.0219. The van der Waals surface area contributed by atoms with Gasteiger partial charge in [0.05, 0.1) is 11.6 Å². The van der Waals surface area contributed by atoms with Crippen molar-refractivity contribution in [3.05, 3.63) is 89.2 Å². The summed E-state index contributed by atoms with van der Waals surface area (Å²) >= 11 is 0. The lowest BCUT2D eigenvalue weighted by atomic mass is 9.85. The third kappa shape index (κ3) is 2.20. The van der Waals surface area contributed by atoms with E-state index in [2.05, 4.69) is 29.4 Å². The van der Waals surface area contributed by atoms with Crippen LogP contribution in [0.2, 0.25) is 0 Å². The van der Waals surface area contributed by atoms with Crippen molar-refractivity contribution in [2.24, 2.45) is 5.92 Å². The van der Waals surface area contributed by atoms with Crippen LogP contribution in [0.4, 0.5) is 0 Å². The van der Waals surface area contributed by atoms with Crippen LogP contribution in [0, 0.1) is 19.8 Å². The van der Waals surface area contributed by atoms with Crippen LogP contribution in [0.15, 0.2) is 66.7 Å². The predicted octanol–water partition coefficient (Wildman–Crippen LogP) is 4.15. The van der Waals surface area contributed by atoms with Crippen LogP contribution in [0.3, 0.4) is 0 Å². The zero-order valence-electron chi connectivity index (χ0n) is 13.9. The number of rotatable bonds is 3. The Morgan fingerprint density at radius 1 is 1.00 bits per heavy atom. The zero-order valence-corrected chi connectivity index (χ0v) is 13.9. The van der Waals surface area contributed by atoms with Gasteiger partial charge in [-0.1, -0.05) is 60.7 Å². The largest absolute Gasteiger partial charge is 0.272 e. The number of benzene rings is 2. The van der Waals surface area contributed by atoms with Crippen molar-refractivity contribution in [2.75, 3.05) is 0 Å². The molecule has 0 radical (unpaired) electrons. The molecule has 2 aromatic carbocycles. The van der Waals surface area contributed by atoms with Gasteiger partial charge >= 0.3 is 0 Å². The fourth-order valence-corrected chi connectivity index (χ4v) is 3.84. The standard InChI is InChI=1S/C21H20N2O/c1-15-13-16(2)23(22-15)20(24)19-14-21(19,17-9-5-3-6-10-17)18-11-7-4-8-12-18/h3-13,19H,14H2,1-2H3. The molecule has 0 aliphatic heterocycles. The van der Waals surface area contributed by atoms with Gasteiger partial charge in [0, 0.05) is 11.1 Å². The molecule has 3 heteroatoms. The van der Waals surface area contributed by atoms with Crippen molar-refractivity contribution in [1.29, 1.82) is 0 Å². The molecule has 1 unspecified atom stereocenters. The molecule has 0 amide bonds. The van der Waals surface area contributed by atoms with Crippen LogP contribution in [0.25, 0.3) is 0 Å². The monoisotopic (exact) mass is 316 g/mol. The Morgan fingerprint density at radius 2 is 1.54 bits per heavy atom. The molecule has 1 heterocycles. The Labute approximate surface area is 141 Å². The minimum Gasteiger partial charge on any atom is -0.272 e. The van der Waals surface area contributed by atoms with Crippen LogP contribution < -0.4 is 0 Å². The van der Waals surface area contributed by atoms with Gasteiger partial charge in [0.2, 0.25) is 0 Å². The Morgan fingerprint density at radius 3 is 2.00 bits per heavy atom. The van der Waals surface area contributed by atoms with Crippen molar-refractivity contribution in [3.63, 3.8) is 0 Å². The van der Waals surface area contributed by atoms with E-state index in [-0.39, 0.29) is 17.2 Å². The average Bonchev–Trinajstić information content (AvgIpc) is 3.29. The summed E-state index contributed by atoms with van der Waals surface area (Å²) in [6.07, 6.45) is 0.832. The summed E-state index contributed by atoms with van der Waals surface area (Å²) in [4.78, 5) is 13.1. The lowest BCUT2D eigenvalue weighted by Crippen LogP contribution is -2.23. The Bertz CT molecular complexity index is 841. The van der Waals surface area contributed by atoms with Gasteiger partial charge in [-0.05, 0) is 37.5 Å². The van der Waals surface area contributed by atoms with Gasteiger partial charge in [0.15, 0.2) is 0 Å². The van der Waals surface area contributed by atoms with Crippen molar-refractivity contribution in [3.8, 4) is 0 Å². The van der Waals surface area contributed by atoms with E-state index in [1.54, 1.807) is 4.68 Å². The quantitative estimate of drug-likeness (QED) is 0.727. The summed E-state index contributed by atoms with van der Waals surface area (Å²) in [5, 5.41) is 4.39. The molecule has 1 aliphatic carbocycles. The highest BCUT2D eigenvalue weighted by Crippen LogP contribution is 2.59. The van der Waals surface area contributed by atoms with E-state index in [9.17, 15) is 4.79 Å². The van der Waals surface area contributed by atoms with Crippen LogP contribution in [-0.2, 0) is 5.41 Å². The second kappa shape index (κ2) is 5.45. The Kier molecular flexibility index (Phi) is 3.38. The Hall–Kier alpha value is -2.68. The number of nitrogens with zero attached hydrogens (tertiary/aromatic N) is 2. The van der Waals surface area contributed by atoms with Gasteiger partial charge in [-0.3, -0.25) is 4.79 Å². The number of hydrogen-bond donors (Lipinski definition) is 0. The predicted molar refractivity (Wildman–Crippen MR) is 94.1 cm³/mol. The first-order chi connectivity index (χ1) is 11.6. The molecule has 3 aromatic rings. The molecular formula is C21H20N2O. The maximum absolute atomic E-state index is 13.1. The highest BCUT2D eigenvalue weighted by molar-refractivity contribution is 5.88. The fraction of sp³-hybridized carbons (Fsp3) is 0.238. The third-order valence-corrected chi connectivity index (χ3v) is 5.06. The first-order valence-corrected chi connectivity index (χ1v) is 8.31. The normalized spacial score (nSPS) is 18.3. The SMILES string of the molecule is Cc1cc(C)n(C(=O)C2CC2(c2ccccc2)c2ccccc2)n1. The van der Waals surface area contributed by atoms with Gasteiger partial charge in [0.1, 0.15) is 0 Å². The van der Waals surface area contributed by atoms with Crippen molar-refractivity contribution in [2.45, 2.75) is 25.7 Å². The molecular weight excluding hydrogens is 296 g/mol. The van der Waals surface area contributed by atoms with Crippen LogP contribution >= 0.6 is 0 Å². The molecule has 1 atom stereocenters. The molecule has 1 fully saturated rings. The van der Waals surface area contributed by atoms with Gasteiger partial charge in [0.25, 0.3) is 5.91 Å². The van der Waals surface area contributed by atoms with E-state index in [1.807, 2.05) is 56.3 Å². The number of carbonyl (C=O) groups is 1. The summed E-state index contributed by atoms with van der Waals surface area (Å²) in [5.41, 5.74) is 3.96. The highest BCUT2D eigenvalue weighted by atomic mass is 16.2. The molecule has 0 bridgehead atoms. The summed E-state index contributed by atoms with van der Waals surface area (Å²) in [6.45, 7) is 3.86. The molecule has 3 nitrogen and oxygen atoms in total. The maximum Gasteiger partial charge on any atom is 0.251 e. The van der Waals surface area contributed by atoms with Gasteiger partial charge in [-0.15, -0.1) is 0 Å². The van der Waals surface area contributed by atoms with Crippen LogP contribution in [-0.4, -0.2) is 15.7 Å². The first kappa shape index (κ1) is 14.9. The van der Waals surface area contributed by atoms with E-state index in [1.165, 1.54) is 11.1 Å². The molecule has 24 heavy (non-hydrogen) atoms. The maximum atomic E-state index is 13.1. The average molecular weight is 316 g/mol. The number of hydrogen-bond acceptors (Lipinski definition) is 2. The smallest absolute Gasteiger partial charge is 0.251 e. The zero-order chi connectivity index (χ0) is 16.7. The number of carbonyl (C=O) groups excluding carboxylic acids is 1. The molecule has 4 rings (SSSR count). The van der Waals surface area contributed by atoms with Crippen molar-refractivity contribution < 1.29 is 4.79 Å². The second-order valence-electron chi connectivity index (χ2n) is 6.64. The summed E-state index contributed by atoms with van der Waals surface area (Å²) in [6, 6.07) is 22.7. The fourth-order valence-electron chi connectivity index (χ4n) is 3.84. The minimum absolute atomic E-state index is 0.0692.